The maximum absolute atomic E-state index is 5.83. The number of rotatable bonds is 3. The molecule has 8 heteroatoms. The highest BCUT2D eigenvalue weighted by atomic mass is 15.3. The summed E-state index contributed by atoms with van der Waals surface area (Å²) >= 11 is 0. The van der Waals surface area contributed by atoms with Crippen LogP contribution in [-0.4, -0.2) is 24.7 Å². The van der Waals surface area contributed by atoms with Crippen molar-refractivity contribution in [3.63, 3.8) is 0 Å². The Balaban J connectivity index is 1.88. The van der Waals surface area contributed by atoms with E-state index in [4.69, 9.17) is 17.2 Å². The molecule has 25 heavy (non-hydrogen) atoms. The van der Waals surface area contributed by atoms with Gasteiger partial charge in [-0.05, 0) is 17.7 Å². The molecule has 0 atom stereocenters. The van der Waals surface area contributed by atoms with Crippen LogP contribution in [0.15, 0.2) is 48.7 Å². The molecule has 0 fully saturated rings. The second-order valence-corrected chi connectivity index (χ2v) is 5.60. The zero-order chi connectivity index (χ0) is 17.4. The second kappa shape index (κ2) is 5.75. The van der Waals surface area contributed by atoms with Crippen LogP contribution in [0, 0.1) is 0 Å². The summed E-state index contributed by atoms with van der Waals surface area (Å²) in [7, 11) is 0. The molecule has 0 aliphatic rings. The van der Waals surface area contributed by atoms with Crippen molar-refractivity contribution in [3.05, 3.63) is 54.2 Å². The van der Waals surface area contributed by atoms with Gasteiger partial charge in [-0.15, -0.1) is 0 Å². The molecule has 4 aromatic rings. The number of nitrogens with two attached hydrogens (primary N) is 3. The molecule has 4 rings (SSSR count). The molecule has 0 aliphatic heterocycles. The Morgan fingerprint density at radius 1 is 0.880 bits per heavy atom. The number of hydrogen-bond acceptors (Lipinski definition) is 7. The number of fused-ring (bicyclic) bond motifs is 1. The monoisotopic (exact) mass is 332 g/mol. The van der Waals surface area contributed by atoms with Crippen LogP contribution in [0.4, 0.5) is 17.3 Å². The smallest absolute Gasteiger partial charge is 0.184 e. The van der Waals surface area contributed by atoms with E-state index in [0.29, 0.717) is 18.1 Å². The Morgan fingerprint density at radius 3 is 2.32 bits per heavy atom. The second-order valence-electron chi connectivity index (χ2n) is 5.60. The van der Waals surface area contributed by atoms with E-state index in [-0.39, 0.29) is 17.3 Å². The maximum Gasteiger partial charge on any atom is 0.184 e. The molecule has 0 radical (unpaired) electrons. The topological polar surface area (TPSA) is 135 Å². The number of hydrogen-bond donors (Lipinski definition) is 3. The molecule has 0 bridgehead atoms. The lowest BCUT2D eigenvalue weighted by molar-refractivity contribution is 0.705. The lowest BCUT2D eigenvalue weighted by atomic mass is 10.2. The van der Waals surface area contributed by atoms with Gasteiger partial charge >= 0.3 is 0 Å². The summed E-state index contributed by atoms with van der Waals surface area (Å²) in [6, 6.07) is 13.8. The number of nitrogens with zero attached hydrogens (tertiary/aromatic N) is 5. The van der Waals surface area contributed by atoms with E-state index in [0.717, 1.165) is 16.6 Å². The standard InChI is InChI=1S/C17H16N8/c18-12-14(19)22-16(23-15(12)20)13-11-7-4-8-21-17(11)25(24-13)9-10-5-2-1-3-6-10/h1-8H,9,18H2,(H4,19,20,22,23). The van der Waals surface area contributed by atoms with Gasteiger partial charge in [-0.1, -0.05) is 30.3 Å². The van der Waals surface area contributed by atoms with Crippen molar-refractivity contribution in [1.82, 2.24) is 24.7 Å². The van der Waals surface area contributed by atoms with Crippen LogP contribution in [0.2, 0.25) is 0 Å². The van der Waals surface area contributed by atoms with Crippen LogP contribution >= 0.6 is 0 Å². The average Bonchev–Trinajstić information content (AvgIpc) is 2.99. The predicted molar refractivity (Wildman–Crippen MR) is 97.3 cm³/mol. The molecule has 0 saturated carbocycles. The van der Waals surface area contributed by atoms with Gasteiger partial charge in [-0.3, -0.25) is 0 Å². The molecule has 8 nitrogen and oxygen atoms in total. The van der Waals surface area contributed by atoms with E-state index in [1.54, 1.807) is 6.20 Å². The van der Waals surface area contributed by atoms with Crippen LogP contribution in [0.5, 0.6) is 0 Å². The van der Waals surface area contributed by atoms with E-state index >= 15 is 0 Å². The summed E-state index contributed by atoms with van der Waals surface area (Å²) in [6.07, 6.45) is 1.72. The van der Waals surface area contributed by atoms with Crippen molar-refractivity contribution < 1.29 is 0 Å². The summed E-state index contributed by atoms with van der Waals surface area (Å²) in [6.45, 7) is 0.578. The first-order chi connectivity index (χ1) is 12.1. The zero-order valence-electron chi connectivity index (χ0n) is 13.3. The van der Waals surface area contributed by atoms with Crippen molar-refractivity contribution in [2.24, 2.45) is 0 Å². The Kier molecular flexibility index (Phi) is 3.42. The number of benzene rings is 1. The third-order valence-corrected chi connectivity index (χ3v) is 3.90. The van der Waals surface area contributed by atoms with E-state index in [2.05, 4.69) is 20.1 Å². The highest BCUT2D eigenvalue weighted by Gasteiger charge is 2.17. The summed E-state index contributed by atoms with van der Waals surface area (Å²) in [4.78, 5) is 12.9. The van der Waals surface area contributed by atoms with Crippen molar-refractivity contribution >= 4 is 28.4 Å². The van der Waals surface area contributed by atoms with E-state index in [1.165, 1.54) is 0 Å². The fourth-order valence-electron chi connectivity index (χ4n) is 2.65. The molecule has 0 saturated heterocycles. The summed E-state index contributed by atoms with van der Waals surface area (Å²) in [5.41, 5.74) is 20.0. The SMILES string of the molecule is Nc1nc(-c2nn(Cc3ccccc3)c3ncccc23)nc(N)c1N. The number of anilines is 3. The first kappa shape index (κ1) is 14.9. The van der Waals surface area contributed by atoms with Crippen LogP contribution in [0.3, 0.4) is 0 Å². The molecule has 0 amide bonds. The summed E-state index contributed by atoms with van der Waals surface area (Å²) in [5, 5.41) is 5.47. The van der Waals surface area contributed by atoms with E-state index < -0.39 is 0 Å². The van der Waals surface area contributed by atoms with Crippen molar-refractivity contribution in [2.45, 2.75) is 6.54 Å². The third kappa shape index (κ3) is 2.59. The normalized spacial score (nSPS) is 11.0. The lowest BCUT2D eigenvalue weighted by Gasteiger charge is -2.04. The van der Waals surface area contributed by atoms with Gasteiger partial charge in [0.05, 0.1) is 11.9 Å². The molecule has 1 aromatic carbocycles. The number of nitrogen functional groups attached to an aromatic ring is 3. The first-order valence-corrected chi connectivity index (χ1v) is 7.68. The minimum absolute atomic E-state index is 0.136. The van der Waals surface area contributed by atoms with Gasteiger partial charge in [0.2, 0.25) is 0 Å². The molecule has 0 aliphatic carbocycles. The van der Waals surface area contributed by atoms with Crippen LogP contribution < -0.4 is 17.2 Å². The minimum Gasteiger partial charge on any atom is -0.393 e. The van der Waals surface area contributed by atoms with Gasteiger partial charge in [0.15, 0.2) is 23.1 Å². The molecule has 0 spiro atoms. The maximum atomic E-state index is 5.83. The van der Waals surface area contributed by atoms with E-state index in [9.17, 15) is 0 Å². The Morgan fingerprint density at radius 2 is 1.60 bits per heavy atom. The third-order valence-electron chi connectivity index (χ3n) is 3.90. The van der Waals surface area contributed by atoms with Gasteiger partial charge in [0, 0.05) is 6.20 Å². The number of aromatic nitrogens is 5. The molecular weight excluding hydrogens is 316 g/mol. The quantitative estimate of drug-likeness (QED) is 0.519. The fourth-order valence-corrected chi connectivity index (χ4v) is 2.65. The van der Waals surface area contributed by atoms with Gasteiger partial charge in [-0.25, -0.2) is 19.6 Å². The Bertz CT molecular complexity index is 1030. The Hall–Kier alpha value is -3.68. The molecule has 3 aromatic heterocycles. The van der Waals surface area contributed by atoms with Crippen LogP contribution in [0.25, 0.3) is 22.6 Å². The summed E-state index contributed by atoms with van der Waals surface area (Å²) in [5.74, 6) is 0.600. The first-order valence-electron chi connectivity index (χ1n) is 7.68. The van der Waals surface area contributed by atoms with E-state index in [1.807, 2.05) is 47.1 Å². The molecule has 6 N–H and O–H groups in total. The van der Waals surface area contributed by atoms with Crippen LogP contribution in [-0.2, 0) is 6.54 Å². The largest absolute Gasteiger partial charge is 0.393 e. The van der Waals surface area contributed by atoms with Crippen molar-refractivity contribution in [2.75, 3.05) is 17.2 Å². The highest BCUT2D eigenvalue weighted by Crippen LogP contribution is 2.28. The van der Waals surface area contributed by atoms with Gasteiger partial charge in [0.25, 0.3) is 0 Å². The van der Waals surface area contributed by atoms with Crippen molar-refractivity contribution in [3.8, 4) is 11.5 Å². The summed E-state index contributed by atoms with van der Waals surface area (Å²) < 4.78 is 1.81. The van der Waals surface area contributed by atoms with Gasteiger partial charge in [0.1, 0.15) is 11.4 Å². The predicted octanol–water partition coefficient (Wildman–Crippen LogP) is 1.68. The molecular formula is C17H16N8. The molecule has 124 valence electrons. The lowest BCUT2D eigenvalue weighted by Crippen LogP contribution is -2.07. The molecule has 3 heterocycles. The van der Waals surface area contributed by atoms with Crippen LogP contribution in [0.1, 0.15) is 5.56 Å². The highest BCUT2D eigenvalue weighted by molar-refractivity contribution is 5.90. The zero-order valence-corrected chi connectivity index (χ0v) is 13.3. The minimum atomic E-state index is 0.136. The van der Waals surface area contributed by atoms with Gasteiger partial charge < -0.3 is 17.2 Å². The fraction of sp³-hybridized carbons (Fsp3) is 0.0588. The average molecular weight is 332 g/mol. The van der Waals surface area contributed by atoms with Crippen molar-refractivity contribution in [1.29, 1.82) is 0 Å². The number of pyridine rings is 1. The molecule has 0 unspecified atom stereocenters. The Labute approximate surface area is 143 Å². The van der Waals surface area contributed by atoms with Gasteiger partial charge in [-0.2, -0.15) is 5.10 Å².